The van der Waals surface area contributed by atoms with Crippen LogP contribution in [0.15, 0.2) is 52.9 Å². The van der Waals surface area contributed by atoms with Gasteiger partial charge in [0, 0.05) is 42.8 Å². The van der Waals surface area contributed by atoms with Crippen molar-refractivity contribution >= 4 is 23.0 Å². The van der Waals surface area contributed by atoms with Crippen molar-refractivity contribution in [2.75, 3.05) is 44.3 Å². The lowest BCUT2D eigenvalue weighted by atomic mass is 9.72. The number of hydrogen-bond acceptors (Lipinski definition) is 6. The average Bonchev–Trinajstić information content (AvgIpc) is 3.27. The molecule has 1 spiro atoms. The minimum absolute atomic E-state index is 0.0308. The lowest BCUT2D eigenvalue weighted by molar-refractivity contribution is -0.162. The molecule has 0 atom stereocenters. The van der Waals surface area contributed by atoms with Gasteiger partial charge in [0.25, 0.3) is 5.89 Å². The molecule has 7 nitrogen and oxygen atoms in total. The summed E-state index contributed by atoms with van der Waals surface area (Å²) in [6.07, 6.45) is -2.82. The fourth-order valence-corrected chi connectivity index (χ4v) is 5.36. The van der Waals surface area contributed by atoms with Crippen molar-refractivity contribution < 1.29 is 22.3 Å². The van der Waals surface area contributed by atoms with Crippen molar-refractivity contribution in [1.29, 1.82) is 0 Å². The highest BCUT2D eigenvalue weighted by Crippen LogP contribution is 2.42. The minimum atomic E-state index is -2.82. The summed E-state index contributed by atoms with van der Waals surface area (Å²) in [6, 6.07) is 14.1. The van der Waals surface area contributed by atoms with Crippen molar-refractivity contribution in [2.45, 2.75) is 19.0 Å². The molecule has 0 N–H and O–H groups in total. The standard InChI is InChI=1S/C25H24F3N5O2S/c26-18-2-1-3-19(8-18)33(24(36)32-14-25(15-32)12-31(13-25)20-10-34-11-20)9-16-4-6-17(7-5-16)22-29-30-23(35-22)21(27)28/h1-8,20-21H,9-15H2. The lowest BCUT2D eigenvalue weighted by Gasteiger charge is -2.63. The Labute approximate surface area is 211 Å². The van der Waals surface area contributed by atoms with Crippen LogP contribution in [0.5, 0.6) is 0 Å². The Morgan fingerprint density at radius 1 is 1.08 bits per heavy atom. The van der Waals surface area contributed by atoms with Crippen LogP contribution in [0.4, 0.5) is 18.9 Å². The normalized spacial score (nSPS) is 19.2. The first-order chi connectivity index (χ1) is 17.4. The number of anilines is 1. The molecule has 3 saturated heterocycles. The van der Waals surface area contributed by atoms with Gasteiger partial charge in [-0.15, -0.1) is 10.2 Å². The molecule has 0 saturated carbocycles. The first-order valence-corrected chi connectivity index (χ1v) is 12.1. The van der Waals surface area contributed by atoms with Crippen LogP contribution < -0.4 is 4.90 Å². The van der Waals surface area contributed by atoms with Gasteiger partial charge in [-0.25, -0.2) is 4.39 Å². The molecule has 0 amide bonds. The summed E-state index contributed by atoms with van der Waals surface area (Å²) in [6.45, 7) is 5.95. The van der Waals surface area contributed by atoms with Crippen LogP contribution >= 0.6 is 12.2 Å². The van der Waals surface area contributed by atoms with Crippen molar-refractivity contribution in [3.05, 3.63) is 65.8 Å². The summed E-state index contributed by atoms with van der Waals surface area (Å²) in [4.78, 5) is 6.58. The van der Waals surface area contributed by atoms with Crippen molar-refractivity contribution in [3.8, 4) is 11.5 Å². The lowest BCUT2D eigenvalue weighted by Crippen LogP contribution is -2.76. The third-order valence-electron chi connectivity index (χ3n) is 7.06. The van der Waals surface area contributed by atoms with E-state index in [4.69, 9.17) is 21.4 Å². The van der Waals surface area contributed by atoms with Gasteiger partial charge < -0.3 is 19.0 Å². The van der Waals surface area contributed by atoms with Gasteiger partial charge in [-0.1, -0.05) is 18.2 Å². The van der Waals surface area contributed by atoms with E-state index in [1.165, 1.54) is 12.1 Å². The van der Waals surface area contributed by atoms with E-state index < -0.39 is 12.3 Å². The Balaban J connectivity index is 1.16. The maximum absolute atomic E-state index is 14.1. The first kappa shape index (κ1) is 23.4. The summed E-state index contributed by atoms with van der Waals surface area (Å²) in [5.74, 6) is -1.01. The molecular formula is C25H24F3N5O2S. The van der Waals surface area contributed by atoms with Gasteiger partial charge in [0.2, 0.25) is 5.89 Å². The Morgan fingerprint density at radius 3 is 2.44 bits per heavy atom. The van der Waals surface area contributed by atoms with E-state index in [0.717, 1.165) is 45.0 Å². The van der Waals surface area contributed by atoms with Crippen LogP contribution in [0.25, 0.3) is 11.5 Å². The summed E-state index contributed by atoms with van der Waals surface area (Å²) in [5, 5.41) is 7.72. The maximum atomic E-state index is 14.1. The Bertz CT molecular complexity index is 1250. The predicted molar refractivity (Wildman–Crippen MR) is 130 cm³/mol. The maximum Gasteiger partial charge on any atom is 0.314 e. The highest BCUT2D eigenvalue weighted by molar-refractivity contribution is 7.80. The summed E-state index contributed by atoms with van der Waals surface area (Å²) in [5.41, 5.74) is 2.39. The van der Waals surface area contributed by atoms with Crippen LogP contribution in [-0.4, -0.2) is 70.5 Å². The number of thiocarbonyl (C=S) groups is 1. The predicted octanol–water partition coefficient (Wildman–Crippen LogP) is 4.12. The number of benzene rings is 2. The molecule has 1 aromatic heterocycles. The number of rotatable bonds is 6. The number of alkyl halides is 2. The van der Waals surface area contributed by atoms with Crippen LogP contribution in [0.1, 0.15) is 17.9 Å². The number of ether oxygens (including phenoxy) is 1. The summed E-state index contributed by atoms with van der Waals surface area (Å²) in [7, 11) is 0. The molecule has 11 heteroatoms. The number of likely N-dealkylation sites (tertiary alicyclic amines) is 2. The molecule has 2 aromatic carbocycles. The van der Waals surface area contributed by atoms with Crippen LogP contribution in [0.2, 0.25) is 0 Å². The van der Waals surface area contributed by atoms with E-state index in [1.54, 1.807) is 18.2 Å². The van der Waals surface area contributed by atoms with Crippen molar-refractivity contribution in [2.24, 2.45) is 5.41 Å². The van der Waals surface area contributed by atoms with Crippen molar-refractivity contribution in [3.63, 3.8) is 0 Å². The van der Waals surface area contributed by atoms with Gasteiger partial charge in [-0.3, -0.25) is 4.90 Å². The van der Waals surface area contributed by atoms with E-state index in [9.17, 15) is 13.2 Å². The van der Waals surface area contributed by atoms with Gasteiger partial charge in [0.1, 0.15) is 5.82 Å². The second-order valence-electron chi connectivity index (χ2n) is 9.74. The molecule has 188 valence electrons. The SMILES string of the molecule is Fc1cccc(N(Cc2ccc(-c3nnc(C(F)F)o3)cc2)C(=S)N2CC3(C2)CN(C2COC2)C3)c1. The molecule has 0 bridgehead atoms. The molecule has 6 rings (SSSR count). The number of hydrogen-bond donors (Lipinski definition) is 0. The van der Waals surface area contributed by atoms with Crippen LogP contribution in [0, 0.1) is 11.2 Å². The van der Waals surface area contributed by atoms with Gasteiger partial charge >= 0.3 is 6.43 Å². The highest BCUT2D eigenvalue weighted by Gasteiger charge is 2.55. The molecule has 4 heterocycles. The van der Waals surface area contributed by atoms with E-state index in [-0.39, 0.29) is 17.1 Å². The second-order valence-corrected chi connectivity index (χ2v) is 10.1. The summed E-state index contributed by atoms with van der Waals surface area (Å²) < 4.78 is 50.0. The van der Waals surface area contributed by atoms with E-state index in [1.807, 2.05) is 23.1 Å². The number of aromatic nitrogens is 2. The Kier molecular flexibility index (Phi) is 5.93. The zero-order chi connectivity index (χ0) is 24.9. The zero-order valence-electron chi connectivity index (χ0n) is 19.3. The smallest absolute Gasteiger partial charge is 0.314 e. The average molecular weight is 516 g/mol. The fourth-order valence-electron chi connectivity index (χ4n) is 5.07. The largest absolute Gasteiger partial charge is 0.415 e. The minimum Gasteiger partial charge on any atom is -0.415 e. The van der Waals surface area contributed by atoms with Crippen LogP contribution in [0.3, 0.4) is 0 Å². The quantitative estimate of drug-likeness (QED) is 0.455. The summed E-state index contributed by atoms with van der Waals surface area (Å²) >= 11 is 5.88. The van der Waals surface area contributed by atoms with Gasteiger partial charge in [0.05, 0.1) is 25.8 Å². The molecule has 0 radical (unpaired) electrons. The third kappa shape index (κ3) is 4.35. The fraction of sp³-hybridized carbons (Fsp3) is 0.400. The van der Waals surface area contributed by atoms with Gasteiger partial charge in [-0.05, 0) is 48.1 Å². The van der Waals surface area contributed by atoms with E-state index in [0.29, 0.717) is 28.9 Å². The molecule has 0 aliphatic carbocycles. The number of halogens is 3. The number of nitrogens with zero attached hydrogens (tertiary/aromatic N) is 5. The Morgan fingerprint density at radius 2 is 1.83 bits per heavy atom. The highest BCUT2D eigenvalue weighted by atomic mass is 32.1. The topological polar surface area (TPSA) is 57.9 Å². The third-order valence-corrected chi connectivity index (χ3v) is 7.54. The Hall–Kier alpha value is -3.02. The van der Waals surface area contributed by atoms with E-state index >= 15 is 0 Å². The van der Waals surface area contributed by atoms with Crippen LogP contribution in [-0.2, 0) is 11.3 Å². The van der Waals surface area contributed by atoms with Gasteiger partial charge in [0.15, 0.2) is 5.11 Å². The molecular weight excluding hydrogens is 491 g/mol. The molecule has 3 aliphatic rings. The molecule has 3 aliphatic heterocycles. The molecule has 36 heavy (non-hydrogen) atoms. The monoisotopic (exact) mass is 515 g/mol. The van der Waals surface area contributed by atoms with Gasteiger partial charge in [-0.2, -0.15) is 8.78 Å². The molecule has 0 unspecified atom stereocenters. The molecule has 3 fully saturated rings. The van der Waals surface area contributed by atoms with E-state index in [2.05, 4.69) is 20.0 Å². The zero-order valence-corrected chi connectivity index (χ0v) is 20.1. The molecule has 3 aromatic rings. The van der Waals surface area contributed by atoms with Crippen molar-refractivity contribution in [1.82, 2.24) is 20.0 Å². The first-order valence-electron chi connectivity index (χ1n) is 11.7. The second kappa shape index (κ2) is 9.13.